The molecule has 100 valence electrons. The zero-order valence-electron chi connectivity index (χ0n) is 11.9. The van der Waals surface area contributed by atoms with E-state index in [1.54, 1.807) is 12.1 Å². The molecule has 0 fully saturated rings. The third-order valence-electron chi connectivity index (χ3n) is 3.84. The molecule has 2 N–H and O–H groups in total. The van der Waals surface area contributed by atoms with Crippen molar-refractivity contribution in [2.75, 3.05) is 0 Å². The van der Waals surface area contributed by atoms with Crippen LogP contribution >= 0.6 is 0 Å². The minimum Gasteiger partial charge on any atom is -0.318 e. The molecule has 1 atom stereocenters. The Morgan fingerprint density at radius 1 is 0.895 bits per heavy atom. The standard InChI is InChI=1S/C17H20FN/c1-11-9-13(3)16(10-12(11)2)17(4,19)14-5-7-15(18)8-6-14/h5-10H,19H2,1-4H3. The highest BCUT2D eigenvalue weighted by Crippen LogP contribution is 2.30. The zero-order chi connectivity index (χ0) is 14.2. The average molecular weight is 257 g/mol. The van der Waals surface area contributed by atoms with Crippen molar-refractivity contribution >= 4 is 0 Å². The van der Waals surface area contributed by atoms with Crippen molar-refractivity contribution < 1.29 is 4.39 Å². The van der Waals surface area contributed by atoms with Gasteiger partial charge in [0.1, 0.15) is 5.82 Å². The van der Waals surface area contributed by atoms with Crippen LogP contribution in [0.4, 0.5) is 4.39 Å². The van der Waals surface area contributed by atoms with Crippen LogP contribution in [0.1, 0.15) is 34.7 Å². The SMILES string of the molecule is Cc1cc(C)c(C(C)(N)c2ccc(F)cc2)cc1C. The van der Waals surface area contributed by atoms with Gasteiger partial charge in [-0.1, -0.05) is 24.3 Å². The van der Waals surface area contributed by atoms with Gasteiger partial charge in [0.15, 0.2) is 0 Å². The molecule has 0 spiro atoms. The van der Waals surface area contributed by atoms with Crippen molar-refractivity contribution in [1.29, 1.82) is 0 Å². The minimum atomic E-state index is -0.615. The Bertz CT molecular complexity index is 597. The average Bonchev–Trinajstić information content (AvgIpc) is 2.34. The third-order valence-corrected chi connectivity index (χ3v) is 3.84. The lowest BCUT2D eigenvalue weighted by molar-refractivity contribution is 0.589. The van der Waals surface area contributed by atoms with Gasteiger partial charge in [0.2, 0.25) is 0 Å². The smallest absolute Gasteiger partial charge is 0.123 e. The first-order valence-electron chi connectivity index (χ1n) is 6.45. The van der Waals surface area contributed by atoms with Crippen molar-refractivity contribution in [3.63, 3.8) is 0 Å². The molecule has 0 aromatic heterocycles. The summed E-state index contributed by atoms with van der Waals surface area (Å²) in [6.07, 6.45) is 0. The maximum absolute atomic E-state index is 13.0. The summed E-state index contributed by atoms with van der Waals surface area (Å²) >= 11 is 0. The van der Waals surface area contributed by atoms with Crippen molar-refractivity contribution in [2.24, 2.45) is 5.73 Å². The van der Waals surface area contributed by atoms with Crippen molar-refractivity contribution in [3.05, 3.63) is 70.0 Å². The minimum absolute atomic E-state index is 0.239. The molecule has 0 saturated heterocycles. The highest BCUT2D eigenvalue weighted by Gasteiger charge is 2.25. The van der Waals surface area contributed by atoms with Gasteiger partial charge in [-0.2, -0.15) is 0 Å². The lowest BCUT2D eigenvalue weighted by Gasteiger charge is -2.28. The second-order valence-electron chi connectivity index (χ2n) is 5.46. The molecule has 2 heteroatoms. The van der Waals surface area contributed by atoms with Crippen LogP contribution in [0.2, 0.25) is 0 Å². The maximum atomic E-state index is 13.0. The van der Waals surface area contributed by atoms with Gasteiger partial charge in [0.25, 0.3) is 0 Å². The molecule has 2 aromatic rings. The van der Waals surface area contributed by atoms with Gasteiger partial charge in [-0.15, -0.1) is 0 Å². The van der Waals surface area contributed by atoms with Gasteiger partial charge < -0.3 is 5.73 Å². The highest BCUT2D eigenvalue weighted by molar-refractivity contribution is 5.45. The van der Waals surface area contributed by atoms with E-state index in [1.807, 2.05) is 6.92 Å². The predicted molar refractivity (Wildman–Crippen MR) is 77.7 cm³/mol. The van der Waals surface area contributed by atoms with E-state index in [0.29, 0.717) is 0 Å². The first kappa shape index (κ1) is 13.8. The van der Waals surface area contributed by atoms with E-state index < -0.39 is 5.54 Å². The molecule has 0 bridgehead atoms. The van der Waals surface area contributed by atoms with Gasteiger partial charge in [-0.25, -0.2) is 4.39 Å². The summed E-state index contributed by atoms with van der Waals surface area (Å²) in [6, 6.07) is 10.7. The first-order chi connectivity index (χ1) is 8.82. The van der Waals surface area contributed by atoms with Crippen molar-refractivity contribution in [1.82, 2.24) is 0 Å². The number of halogens is 1. The third kappa shape index (κ3) is 2.54. The summed E-state index contributed by atoms with van der Waals surface area (Å²) in [5.41, 5.74) is 11.5. The molecular weight excluding hydrogens is 237 g/mol. The van der Waals surface area contributed by atoms with Crippen LogP contribution in [-0.4, -0.2) is 0 Å². The Kier molecular flexibility index (Phi) is 3.46. The van der Waals surface area contributed by atoms with E-state index >= 15 is 0 Å². The van der Waals surface area contributed by atoms with Crippen LogP contribution in [0.5, 0.6) is 0 Å². The maximum Gasteiger partial charge on any atom is 0.123 e. The summed E-state index contributed by atoms with van der Waals surface area (Å²) in [5, 5.41) is 0. The molecule has 0 aliphatic rings. The van der Waals surface area contributed by atoms with Gasteiger partial charge in [0, 0.05) is 0 Å². The number of hydrogen-bond donors (Lipinski definition) is 1. The van der Waals surface area contributed by atoms with E-state index in [-0.39, 0.29) is 5.82 Å². The molecule has 0 aliphatic heterocycles. The molecule has 0 aliphatic carbocycles. The quantitative estimate of drug-likeness (QED) is 0.865. The van der Waals surface area contributed by atoms with Gasteiger partial charge in [-0.3, -0.25) is 0 Å². The first-order valence-corrected chi connectivity index (χ1v) is 6.45. The summed E-state index contributed by atoms with van der Waals surface area (Å²) < 4.78 is 13.0. The zero-order valence-corrected chi connectivity index (χ0v) is 11.9. The van der Waals surface area contributed by atoms with Crippen LogP contribution in [-0.2, 0) is 5.54 Å². The van der Waals surface area contributed by atoms with Crippen LogP contribution in [0.25, 0.3) is 0 Å². The van der Waals surface area contributed by atoms with E-state index in [9.17, 15) is 4.39 Å². The summed E-state index contributed by atoms with van der Waals surface area (Å²) in [5.74, 6) is -0.239. The number of benzene rings is 2. The van der Waals surface area contributed by atoms with E-state index in [2.05, 4.69) is 32.9 Å². The fraction of sp³-hybridized carbons (Fsp3) is 0.294. The number of hydrogen-bond acceptors (Lipinski definition) is 1. The summed E-state index contributed by atoms with van der Waals surface area (Å²) in [6.45, 7) is 8.21. The fourth-order valence-corrected chi connectivity index (χ4v) is 2.47. The normalized spacial score (nSPS) is 14.2. The second kappa shape index (κ2) is 4.78. The van der Waals surface area contributed by atoms with E-state index in [1.165, 1.54) is 23.3 Å². The topological polar surface area (TPSA) is 26.0 Å². The van der Waals surface area contributed by atoms with Crippen LogP contribution in [0.15, 0.2) is 36.4 Å². The van der Waals surface area contributed by atoms with Gasteiger partial charge in [-0.05, 0) is 67.6 Å². The summed E-state index contributed by atoms with van der Waals surface area (Å²) in [4.78, 5) is 0. The molecular formula is C17H20FN. The van der Waals surface area contributed by atoms with E-state index in [0.717, 1.165) is 16.7 Å². The predicted octanol–water partition coefficient (Wildman–Crippen LogP) is 3.97. The highest BCUT2D eigenvalue weighted by atomic mass is 19.1. The molecule has 1 nitrogen and oxygen atoms in total. The second-order valence-corrected chi connectivity index (χ2v) is 5.46. The molecule has 2 rings (SSSR count). The van der Waals surface area contributed by atoms with Crippen molar-refractivity contribution in [3.8, 4) is 0 Å². The van der Waals surface area contributed by atoms with Gasteiger partial charge >= 0.3 is 0 Å². The van der Waals surface area contributed by atoms with Crippen LogP contribution < -0.4 is 5.73 Å². The monoisotopic (exact) mass is 257 g/mol. The van der Waals surface area contributed by atoms with Crippen LogP contribution in [0, 0.1) is 26.6 Å². The molecule has 19 heavy (non-hydrogen) atoms. The molecule has 0 radical (unpaired) electrons. The summed E-state index contributed by atoms with van der Waals surface area (Å²) in [7, 11) is 0. The molecule has 0 saturated carbocycles. The Hall–Kier alpha value is -1.67. The number of rotatable bonds is 2. The number of aryl methyl sites for hydroxylation is 3. The van der Waals surface area contributed by atoms with E-state index in [4.69, 9.17) is 5.73 Å². The van der Waals surface area contributed by atoms with Gasteiger partial charge in [0.05, 0.1) is 5.54 Å². The fourth-order valence-electron chi connectivity index (χ4n) is 2.47. The molecule has 1 unspecified atom stereocenters. The molecule has 0 heterocycles. The lowest BCUT2D eigenvalue weighted by atomic mass is 9.82. The Morgan fingerprint density at radius 3 is 2.00 bits per heavy atom. The largest absolute Gasteiger partial charge is 0.318 e. The van der Waals surface area contributed by atoms with Crippen LogP contribution in [0.3, 0.4) is 0 Å². The Balaban J connectivity index is 2.55. The molecule has 2 aromatic carbocycles. The lowest BCUT2D eigenvalue weighted by Crippen LogP contribution is -2.35. The Morgan fingerprint density at radius 2 is 1.42 bits per heavy atom. The number of nitrogens with two attached hydrogens (primary N) is 1. The van der Waals surface area contributed by atoms with Crippen molar-refractivity contribution in [2.45, 2.75) is 33.2 Å². The Labute approximate surface area is 114 Å². The molecule has 0 amide bonds.